The Morgan fingerprint density at radius 3 is 1.36 bits per heavy atom. The van der Waals surface area contributed by atoms with E-state index in [9.17, 15) is 0 Å². The average Bonchev–Trinajstić information content (AvgIpc) is 3.84. The molecule has 0 N–H and O–H groups in total. The van der Waals surface area contributed by atoms with Crippen molar-refractivity contribution in [3.63, 3.8) is 0 Å². The number of hydrogen-bond acceptors (Lipinski definition) is 3. The first-order valence-corrected chi connectivity index (χ1v) is 20.5. The van der Waals surface area contributed by atoms with Crippen LogP contribution < -0.4 is 9.80 Å². The molecule has 0 atom stereocenters. The van der Waals surface area contributed by atoms with Crippen molar-refractivity contribution in [3.05, 3.63) is 224 Å². The number of benzene rings is 9. The zero-order chi connectivity index (χ0) is 38.4. The van der Waals surface area contributed by atoms with Gasteiger partial charge in [0, 0.05) is 70.8 Å². The van der Waals surface area contributed by atoms with Gasteiger partial charge in [-0.3, -0.25) is 0 Å². The Labute approximate surface area is 341 Å². The van der Waals surface area contributed by atoms with Crippen LogP contribution in [0.3, 0.4) is 0 Å². The predicted octanol–water partition coefficient (Wildman–Crippen LogP) is 15.8. The molecule has 0 saturated heterocycles. The third-order valence-corrected chi connectivity index (χ3v) is 12.4. The van der Waals surface area contributed by atoms with Gasteiger partial charge < -0.3 is 14.4 Å². The molecule has 0 amide bonds. The first kappa shape index (κ1) is 33.9. The number of nitrogens with zero attached hydrogens (tertiary/aromatic N) is 3. The minimum atomic E-state index is 1.10. The molecule has 11 rings (SSSR count). The van der Waals surface area contributed by atoms with E-state index in [-0.39, 0.29) is 0 Å². The minimum absolute atomic E-state index is 1.10. The van der Waals surface area contributed by atoms with Crippen LogP contribution in [0.1, 0.15) is 0 Å². The zero-order valence-electron chi connectivity index (χ0n) is 31.6. The number of thiophene rings is 1. The van der Waals surface area contributed by atoms with E-state index < -0.39 is 0 Å². The maximum Gasteiger partial charge on any atom is 0.0555 e. The Morgan fingerprint density at radius 2 is 0.793 bits per heavy atom. The monoisotopic (exact) mass is 759 g/mol. The highest BCUT2D eigenvalue weighted by atomic mass is 32.1. The highest BCUT2D eigenvalue weighted by Crippen LogP contribution is 2.47. The highest BCUT2D eigenvalue weighted by Gasteiger charge is 2.22. The summed E-state index contributed by atoms with van der Waals surface area (Å²) in [4.78, 5) is 4.67. The van der Waals surface area contributed by atoms with E-state index in [1.807, 2.05) is 11.3 Å². The third-order valence-electron chi connectivity index (χ3n) is 11.1. The Balaban J connectivity index is 1.16. The van der Waals surface area contributed by atoms with Crippen molar-refractivity contribution >= 4 is 87.4 Å². The van der Waals surface area contributed by atoms with Crippen LogP contribution in [0.5, 0.6) is 0 Å². The summed E-state index contributed by atoms with van der Waals surface area (Å²) in [6, 6.07) is 80.8. The molecule has 9 aromatic carbocycles. The van der Waals surface area contributed by atoms with Crippen LogP contribution in [-0.2, 0) is 0 Å². The molecule has 0 unspecified atom stereocenters. The quantitative estimate of drug-likeness (QED) is 0.153. The van der Waals surface area contributed by atoms with Gasteiger partial charge >= 0.3 is 0 Å². The van der Waals surface area contributed by atoms with E-state index in [1.54, 1.807) is 0 Å². The summed E-state index contributed by atoms with van der Waals surface area (Å²) in [5.74, 6) is 0. The molecule has 0 aliphatic rings. The van der Waals surface area contributed by atoms with Crippen LogP contribution >= 0.6 is 11.3 Å². The first-order chi connectivity index (χ1) is 28.8. The molecule has 0 aliphatic heterocycles. The van der Waals surface area contributed by atoms with Gasteiger partial charge in [0.05, 0.1) is 11.0 Å². The number of anilines is 6. The Morgan fingerprint density at radius 1 is 0.328 bits per heavy atom. The van der Waals surface area contributed by atoms with Crippen LogP contribution in [0.15, 0.2) is 224 Å². The van der Waals surface area contributed by atoms with Gasteiger partial charge in [-0.25, -0.2) is 0 Å². The number of aromatic nitrogens is 1. The molecule has 4 heteroatoms. The molecule has 58 heavy (non-hydrogen) atoms. The third kappa shape index (κ3) is 5.73. The van der Waals surface area contributed by atoms with Crippen molar-refractivity contribution in [3.8, 4) is 16.8 Å². The van der Waals surface area contributed by atoms with Gasteiger partial charge in [-0.15, -0.1) is 11.3 Å². The standard InChI is InChI=1S/C54H37N3S/c1-6-17-38(18-7-1)46-27-16-28-47-48-34-36-51-52(54(48)58-53(46)47)49-37-45(56(41-23-12-4-13-24-41)42-25-14-5-15-26-42)33-35-50(49)57(51)44-31-29-43(30-32-44)55(39-19-8-2-9-20-39)40-21-10-3-11-22-40/h1-37H. The fraction of sp³-hybridized carbons (Fsp3) is 0. The number of hydrogen-bond donors (Lipinski definition) is 0. The summed E-state index contributed by atoms with van der Waals surface area (Å²) in [6.45, 7) is 0. The van der Waals surface area contributed by atoms with Gasteiger partial charge in [0.1, 0.15) is 0 Å². The van der Waals surface area contributed by atoms with E-state index in [2.05, 4.69) is 239 Å². The topological polar surface area (TPSA) is 11.4 Å². The molecule has 11 aromatic rings. The van der Waals surface area contributed by atoms with Crippen molar-refractivity contribution in [1.82, 2.24) is 4.57 Å². The Bertz CT molecular complexity index is 3110. The van der Waals surface area contributed by atoms with E-state index in [1.165, 1.54) is 53.1 Å². The lowest BCUT2D eigenvalue weighted by molar-refractivity contribution is 1.17. The summed E-state index contributed by atoms with van der Waals surface area (Å²) in [7, 11) is 0. The fourth-order valence-electron chi connectivity index (χ4n) is 8.56. The summed E-state index contributed by atoms with van der Waals surface area (Å²) < 4.78 is 5.07. The molecule has 3 nitrogen and oxygen atoms in total. The van der Waals surface area contributed by atoms with Crippen molar-refractivity contribution in [2.24, 2.45) is 0 Å². The van der Waals surface area contributed by atoms with Crippen molar-refractivity contribution < 1.29 is 0 Å². The summed E-state index contributed by atoms with van der Waals surface area (Å²) in [5.41, 5.74) is 12.7. The maximum atomic E-state index is 2.45. The molecular formula is C54H37N3S. The van der Waals surface area contributed by atoms with Gasteiger partial charge in [-0.1, -0.05) is 127 Å². The second-order valence-electron chi connectivity index (χ2n) is 14.6. The number of para-hydroxylation sites is 4. The first-order valence-electron chi connectivity index (χ1n) is 19.7. The largest absolute Gasteiger partial charge is 0.311 e. The smallest absolute Gasteiger partial charge is 0.0555 e. The van der Waals surface area contributed by atoms with Crippen molar-refractivity contribution in [1.29, 1.82) is 0 Å². The maximum absolute atomic E-state index is 2.45. The normalized spacial score (nSPS) is 11.4. The Hall–Kier alpha value is -7.40. The van der Waals surface area contributed by atoms with Crippen LogP contribution in [0.25, 0.3) is 58.8 Å². The molecule has 0 radical (unpaired) electrons. The van der Waals surface area contributed by atoms with E-state index >= 15 is 0 Å². The van der Waals surface area contributed by atoms with Gasteiger partial charge in [-0.05, 0) is 108 Å². The summed E-state index contributed by atoms with van der Waals surface area (Å²) in [6.07, 6.45) is 0. The molecule has 2 heterocycles. The molecule has 2 aromatic heterocycles. The molecule has 274 valence electrons. The molecule has 0 spiro atoms. The molecular weight excluding hydrogens is 723 g/mol. The van der Waals surface area contributed by atoms with Gasteiger partial charge in [0.2, 0.25) is 0 Å². The van der Waals surface area contributed by atoms with Crippen LogP contribution in [0, 0.1) is 0 Å². The van der Waals surface area contributed by atoms with E-state index in [0.29, 0.717) is 0 Å². The van der Waals surface area contributed by atoms with Gasteiger partial charge in [-0.2, -0.15) is 0 Å². The predicted molar refractivity (Wildman–Crippen MR) is 248 cm³/mol. The molecule has 0 fully saturated rings. The van der Waals surface area contributed by atoms with Crippen molar-refractivity contribution in [2.45, 2.75) is 0 Å². The van der Waals surface area contributed by atoms with Crippen LogP contribution in [0.4, 0.5) is 34.1 Å². The lowest BCUT2D eigenvalue weighted by Gasteiger charge is -2.26. The highest BCUT2D eigenvalue weighted by molar-refractivity contribution is 7.27. The number of fused-ring (bicyclic) bond motifs is 7. The fourth-order valence-corrected chi connectivity index (χ4v) is 9.96. The lowest BCUT2D eigenvalue weighted by atomic mass is 10.0. The van der Waals surface area contributed by atoms with Crippen LogP contribution in [0.2, 0.25) is 0 Å². The average molecular weight is 760 g/mol. The van der Waals surface area contributed by atoms with Gasteiger partial charge in [0.15, 0.2) is 0 Å². The second kappa shape index (κ2) is 14.3. The van der Waals surface area contributed by atoms with E-state index in [0.717, 1.165) is 39.8 Å². The Kier molecular flexibility index (Phi) is 8.34. The molecule has 0 bridgehead atoms. The number of rotatable bonds is 8. The summed E-state index contributed by atoms with van der Waals surface area (Å²) >= 11 is 1.91. The SMILES string of the molecule is c1ccc(-c2cccc3c2sc2c3ccc3c2c2cc(N(c4ccccc4)c4ccccc4)ccc2n3-c2ccc(N(c3ccccc3)c3ccccc3)cc2)cc1. The summed E-state index contributed by atoms with van der Waals surface area (Å²) in [5, 5.41) is 5.08. The van der Waals surface area contributed by atoms with Crippen LogP contribution in [-0.4, -0.2) is 4.57 Å². The zero-order valence-corrected chi connectivity index (χ0v) is 32.4. The van der Waals surface area contributed by atoms with Crippen molar-refractivity contribution in [2.75, 3.05) is 9.80 Å². The van der Waals surface area contributed by atoms with Gasteiger partial charge in [0.25, 0.3) is 0 Å². The molecule has 0 saturated carbocycles. The molecule has 0 aliphatic carbocycles. The second-order valence-corrected chi connectivity index (χ2v) is 15.6. The minimum Gasteiger partial charge on any atom is -0.311 e. The lowest BCUT2D eigenvalue weighted by Crippen LogP contribution is -2.10. The van der Waals surface area contributed by atoms with E-state index in [4.69, 9.17) is 0 Å².